The van der Waals surface area contributed by atoms with Crippen LogP contribution in [0.2, 0.25) is 0 Å². The molecule has 0 aliphatic carbocycles. The van der Waals surface area contributed by atoms with Gasteiger partial charge < -0.3 is 10.1 Å². The molecule has 20 heavy (non-hydrogen) atoms. The van der Waals surface area contributed by atoms with Crippen molar-refractivity contribution in [1.82, 2.24) is 10.3 Å². The molecule has 104 valence electrons. The van der Waals surface area contributed by atoms with Crippen LogP contribution >= 0.6 is 0 Å². The highest BCUT2D eigenvalue weighted by Crippen LogP contribution is 2.11. The van der Waals surface area contributed by atoms with Gasteiger partial charge in [0.05, 0.1) is 5.69 Å². The second-order valence-corrected chi connectivity index (χ2v) is 4.47. The van der Waals surface area contributed by atoms with Crippen LogP contribution in [0, 0.1) is 0 Å². The zero-order valence-corrected chi connectivity index (χ0v) is 11.5. The van der Waals surface area contributed by atoms with Gasteiger partial charge in [0, 0.05) is 24.3 Å². The van der Waals surface area contributed by atoms with E-state index in [4.69, 9.17) is 4.74 Å². The lowest BCUT2D eigenvalue weighted by molar-refractivity contribution is 0.112. The van der Waals surface area contributed by atoms with Gasteiger partial charge in [0.1, 0.15) is 18.6 Å². The molecule has 1 N–H and O–H groups in total. The molecular formula is C16H18N2O2. The van der Waals surface area contributed by atoms with E-state index in [9.17, 15) is 4.79 Å². The maximum absolute atomic E-state index is 10.5. The van der Waals surface area contributed by atoms with Crippen molar-refractivity contribution in [1.29, 1.82) is 0 Å². The first-order chi connectivity index (χ1) is 9.79. The quantitative estimate of drug-likeness (QED) is 0.620. The molecule has 0 amide bonds. The minimum absolute atomic E-state index is 0.192. The summed E-state index contributed by atoms with van der Waals surface area (Å²) in [5.41, 5.74) is 1.67. The molecule has 0 bridgehead atoms. The molecule has 4 heteroatoms. The summed E-state index contributed by atoms with van der Waals surface area (Å²) >= 11 is 0. The van der Waals surface area contributed by atoms with Gasteiger partial charge in [-0.25, -0.2) is 0 Å². The summed E-state index contributed by atoms with van der Waals surface area (Å²) in [6.07, 6.45) is 2.61. The Bertz CT molecular complexity index is 526. The third-order valence-electron chi connectivity index (χ3n) is 2.97. The second kappa shape index (κ2) is 7.40. The predicted molar refractivity (Wildman–Crippen MR) is 78.0 cm³/mol. The molecule has 1 atom stereocenters. The van der Waals surface area contributed by atoms with Gasteiger partial charge in [-0.2, -0.15) is 0 Å². The zero-order valence-electron chi connectivity index (χ0n) is 11.5. The highest BCUT2D eigenvalue weighted by Gasteiger charge is 2.04. The maximum Gasteiger partial charge on any atom is 0.150 e. The molecule has 0 spiro atoms. The van der Waals surface area contributed by atoms with E-state index in [1.807, 2.05) is 18.2 Å². The SMILES string of the molecule is CC(NCCOc1ccc(C=O)cc1)c1ccccn1. The number of benzene rings is 1. The maximum atomic E-state index is 10.5. The van der Waals surface area contributed by atoms with Crippen LogP contribution in [0.5, 0.6) is 5.75 Å². The van der Waals surface area contributed by atoms with Crippen LogP contribution in [0.3, 0.4) is 0 Å². The minimum Gasteiger partial charge on any atom is -0.492 e. The first-order valence-corrected chi connectivity index (χ1v) is 6.62. The Kier molecular flexibility index (Phi) is 5.26. The fourth-order valence-corrected chi connectivity index (χ4v) is 1.82. The van der Waals surface area contributed by atoms with Crippen LogP contribution in [-0.4, -0.2) is 24.4 Å². The number of rotatable bonds is 7. The normalized spacial score (nSPS) is 11.8. The molecule has 0 fully saturated rings. The van der Waals surface area contributed by atoms with E-state index in [0.717, 1.165) is 24.3 Å². The molecule has 0 radical (unpaired) electrons. The summed E-state index contributed by atoms with van der Waals surface area (Å²) in [4.78, 5) is 14.8. The van der Waals surface area contributed by atoms with Crippen molar-refractivity contribution in [2.24, 2.45) is 0 Å². The summed E-state index contributed by atoms with van der Waals surface area (Å²) in [5.74, 6) is 0.767. The number of nitrogens with one attached hydrogen (secondary N) is 1. The van der Waals surface area contributed by atoms with E-state index in [2.05, 4.69) is 17.2 Å². The lowest BCUT2D eigenvalue weighted by atomic mass is 10.2. The molecule has 2 aromatic rings. The molecular weight excluding hydrogens is 252 g/mol. The van der Waals surface area contributed by atoms with Crippen molar-refractivity contribution < 1.29 is 9.53 Å². The second-order valence-electron chi connectivity index (χ2n) is 4.47. The van der Waals surface area contributed by atoms with Crippen molar-refractivity contribution in [3.63, 3.8) is 0 Å². The molecule has 1 aromatic carbocycles. The average molecular weight is 270 g/mol. The third-order valence-corrected chi connectivity index (χ3v) is 2.97. The Morgan fingerprint density at radius 1 is 1.25 bits per heavy atom. The monoisotopic (exact) mass is 270 g/mol. The number of hydrogen-bond acceptors (Lipinski definition) is 4. The number of nitrogens with zero attached hydrogens (tertiary/aromatic N) is 1. The van der Waals surface area contributed by atoms with E-state index >= 15 is 0 Å². The molecule has 4 nitrogen and oxygen atoms in total. The van der Waals surface area contributed by atoms with Gasteiger partial charge in [0.2, 0.25) is 0 Å². The Hall–Kier alpha value is -2.20. The highest BCUT2D eigenvalue weighted by molar-refractivity contribution is 5.74. The van der Waals surface area contributed by atoms with Gasteiger partial charge >= 0.3 is 0 Å². The molecule has 0 aliphatic rings. The zero-order chi connectivity index (χ0) is 14.2. The van der Waals surface area contributed by atoms with Crippen LogP contribution < -0.4 is 10.1 Å². The first-order valence-electron chi connectivity index (χ1n) is 6.62. The van der Waals surface area contributed by atoms with Crippen LogP contribution in [0.1, 0.15) is 29.0 Å². The molecule has 1 aromatic heterocycles. The summed E-state index contributed by atoms with van der Waals surface area (Å²) in [5, 5.41) is 3.35. The number of carbonyl (C=O) groups is 1. The van der Waals surface area contributed by atoms with Crippen molar-refractivity contribution in [3.8, 4) is 5.75 Å². The van der Waals surface area contributed by atoms with Crippen LogP contribution in [0.25, 0.3) is 0 Å². The standard InChI is InChI=1S/C16H18N2O2/c1-13(16-4-2-3-9-18-16)17-10-11-20-15-7-5-14(12-19)6-8-15/h2-9,12-13,17H,10-11H2,1H3. The van der Waals surface area contributed by atoms with E-state index in [0.29, 0.717) is 12.2 Å². The van der Waals surface area contributed by atoms with E-state index in [1.54, 1.807) is 30.5 Å². The summed E-state index contributed by atoms with van der Waals surface area (Å²) < 4.78 is 5.59. The molecule has 2 rings (SSSR count). The fourth-order valence-electron chi connectivity index (χ4n) is 1.82. The summed E-state index contributed by atoms with van der Waals surface area (Å²) in [6, 6.07) is 13.2. The molecule has 0 aliphatic heterocycles. The predicted octanol–water partition coefficient (Wildman–Crippen LogP) is 2.62. The Labute approximate surface area is 118 Å². The number of carbonyl (C=O) groups excluding carboxylic acids is 1. The van der Waals surface area contributed by atoms with Crippen molar-refractivity contribution in [3.05, 3.63) is 59.9 Å². The lowest BCUT2D eigenvalue weighted by Crippen LogP contribution is -2.24. The van der Waals surface area contributed by atoms with Crippen molar-refractivity contribution in [2.75, 3.05) is 13.2 Å². The number of aldehydes is 1. The number of hydrogen-bond donors (Lipinski definition) is 1. The number of pyridine rings is 1. The first kappa shape index (κ1) is 14.2. The van der Waals surface area contributed by atoms with Crippen LogP contribution in [-0.2, 0) is 0 Å². The summed E-state index contributed by atoms with van der Waals surface area (Å²) in [7, 11) is 0. The third kappa shape index (κ3) is 4.17. The van der Waals surface area contributed by atoms with E-state index in [-0.39, 0.29) is 6.04 Å². The number of aromatic nitrogens is 1. The molecule has 1 unspecified atom stereocenters. The van der Waals surface area contributed by atoms with Gasteiger partial charge in [-0.1, -0.05) is 6.07 Å². The van der Waals surface area contributed by atoms with Crippen LogP contribution in [0.15, 0.2) is 48.7 Å². The number of ether oxygens (including phenoxy) is 1. The van der Waals surface area contributed by atoms with E-state index in [1.165, 1.54) is 0 Å². The topological polar surface area (TPSA) is 51.2 Å². The summed E-state index contributed by atoms with van der Waals surface area (Å²) in [6.45, 7) is 3.37. The van der Waals surface area contributed by atoms with Crippen molar-refractivity contribution in [2.45, 2.75) is 13.0 Å². The lowest BCUT2D eigenvalue weighted by Gasteiger charge is -2.13. The average Bonchev–Trinajstić information content (AvgIpc) is 2.53. The smallest absolute Gasteiger partial charge is 0.150 e. The fraction of sp³-hybridized carbons (Fsp3) is 0.250. The van der Waals surface area contributed by atoms with Gasteiger partial charge in [-0.05, 0) is 43.3 Å². The minimum atomic E-state index is 0.192. The van der Waals surface area contributed by atoms with Gasteiger partial charge in [-0.3, -0.25) is 9.78 Å². The Morgan fingerprint density at radius 3 is 2.70 bits per heavy atom. The van der Waals surface area contributed by atoms with Crippen molar-refractivity contribution >= 4 is 6.29 Å². The molecule has 0 saturated carbocycles. The Morgan fingerprint density at radius 2 is 2.05 bits per heavy atom. The Balaban J connectivity index is 1.72. The molecule has 0 saturated heterocycles. The van der Waals surface area contributed by atoms with Gasteiger partial charge in [0.25, 0.3) is 0 Å². The largest absolute Gasteiger partial charge is 0.492 e. The van der Waals surface area contributed by atoms with Gasteiger partial charge in [0.15, 0.2) is 0 Å². The van der Waals surface area contributed by atoms with Crippen LogP contribution in [0.4, 0.5) is 0 Å². The highest BCUT2D eigenvalue weighted by atomic mass is 16.5. The van der Waals surface area contributed by atoms with E-state index < -0.39 is 0 Å². The molecule has 1 heterocycles. The van der Waals surface area contributed by atoms with Gasteiger partial charge in [-0.15, -0.1) is 0 Å².